The van der Waals surface area contributed by atoms with Gasteiger partial charge in [0.2, 0.25) is 0 Å². The molecule has 0 amide bonds. The average Bonchev–Trinajstić information content (AvgIpc) is 3.25. The molecule has 5 heteroatoms. The molecular formula is C25H21FN2O2. The van der Waals surface area contributed by atoms with Gasteiger partial charge in [-0.2, -0.15) is 5.10 Å². The maximum absolute atomic E-state index is 14.6. The van der Waals surface area contributed by atoms with E-state index in [2.05, 4.69) is 5.10 Å². The van der Waals surface area contributed by atoms with Gasteiger partial charge in [0.1, 0.15) is 23.4 Å². The van der Waals surface area contributed by atoms with Gasteiger partial charge in [0.25, 0.3) is 5.91 Å². The molecule has 0 saturated heterocycles. The minimum atomic E-state index is -0.445. The van der Waals surface area contributed by atoms with Crippen molar-refractivity contribution in [2.75, 3.05) is 0 Å². The van der Waals surface area contributed by atoms with Gasteiger partial charge < -0.3 is 4.74 Å². The van der Waals surface area contributed by atoms with E-state index in [0.29, 0.717) is 22.6 Å². The van der Waals surface area contributed by atoms with Crippen molar-refractivity contribution in [2.24, 2.45) is 0 Å². The van der Waals surface area contributed by atoms with E-state index in [1.807, 2.05) is 56.3 Å². The Morgan fingerprint density at radius 1 is 1.00 bits per heavy atom. The Balaban J connectivity index is 1.48. The lowest BCUT2D eigenvalue weighted by Gasteiger charge is -2.13. The number of aryl methyl sites for hydroxylation is 1. The molecule has 4 nitrogen and oxygen atoms in total. The summed E-state index contributed by atoms with van der Waals surface area (Å²) in [6.45, 7) is 3.78. The third kappa shape index (κ3) is 4.15. The van der Waals surface area contributed by atoms with Gasteiger partial charge in [-0.1, -0.05) is 48.0 Å². The Labute approximate surface area is 174 Å². The largest absolute Gasteiger partial charge is 0.484 e. The number of nitrogens with zero attached hydrogens (tertiary/aromatic N) is 2. The second kappa shape index (κ2) is 8.33. The lowest BCUT2D eigenvalue weighted by molar-refractivity contribution is 0.0943. The standard InChI is InChI=1S/C25H21FN2O2/c1-17-8-10-20(11-9-17)25(29)28-15-14-24(27-28)18(2)30-21-12-13-22(23(26)16-21)19-6-4-3-5-7-19/h3-16,18H,1-2H3/t18-/m1/s1. The van der Waals surface area contributed by atoms with Crippen molar-refractivity contribution in [1.29, 1.82) is 0 Å². The summed E-state index contributed by atoms with van der Waals surface area (Å²) in [4.78, 5) is 12.6. The van der Waals surface area contributed by atoms with Crippen molar-refractivity contribution in [3.63, 3.8) is 0 Å². The molecule has 0 N–H and O–H groups in total. The van der Waals surface area contributed by atoms with Crippen LogP contribution in [0.25, 0.3) is 11.1 Å². The Morgan fingerprint density at radius 2 is 1.73 bits per heavy atom. The lowest BCUT2D eigenvalue weighted by Crippen LogP contribution is -2.14. The van der Waals surface area contributed by atoms with E-state index >= 15 is 0 Å². The first-order chi connectivity index (χ1) is 14.5. The van der Waals surface area contributed by atoms with Crippen molar-refractivity contribution in [3.05, 3.63) is 108 Å². The third-order valence-corrected chi connectivity index (χ3v) is 4.87. The summed E-state index contributed by atoms with van der Waals surface area (Å²) in [6.07, 6.45) is 1.16. The van der Waals surface area contributed by atoms with Gasteiger partial charge in [-0.25, -0.2) is 9.07 Å². The highest BCUT2D eigenvalue weighted by Crippen LogP contribution is 2.28. The zero-order valence-electron chi connectivity index (χ0n) is 16.7. The summed E-state index contributed by atoms with van der Waals surface area (Å²) in [5.41, 5.74) is 3.55. The van der Waals surface area contributed by atoms with Gasteiger partial charge in [-0.15, -0.1) is 0 Å². The molecule has 3 aromatic carbocycles. The van der Waals surface area contributed by atoms with E-state index in [0.717, 1.165) is 11.1 Å². The smallest absolute Gasteiger partial charge is 0.278 e. The Hall–Kier alpha value is -3.73. The summed E-state index contributed by atoms with van der Waals surface area (Å²) in [7, 11) is 0. The van der Waals surface area contributed by atoms with Crippen molar-refractivity contribution in [3.8, 4) is 16.9 Å². The normalized spacial score (nSPS) is 11.8. The fourth-order valence-electron chi connectivity index (χ4n) is 3.18. The molecule has 0 aliphatic carbocycles. The minimum absolute atomic E-state index is 0.216. The molecule has 4 rings (SSSR count). The van der Waals surface area contributed by atoms with E-state index < -0.39 is 6.10 Å². The number of hydrogen-bond donors (Lipinski definition) is 0. The van der Waals surface area contributed by atoms with E-state index in [9.17, 15) is 9.18 Å². The Morgan fingerprint density at radius 3 is 2.43 bits per heavy atom. The molecule has 0 spiro atoms. The maximum Gasteiger partial charge on any atom is 0.278 e. The van der Waals surface area contributed by atoms with Gasteiger partial charge in [-0.3, -0.25) is 4.79 Å². The van der Waals surface area contributed by atoms with Crippen LogP contribution in [0.4, 0.5) is 4.39 Å². The zero-order chi connectivity index (χ0) is 21.1. The summed E-state index contributed by atoms with van der Waals surface area (Å²) in [5.74, 6) is -0.170. The van der Waals surface area contributed by atoms with E-state index in [4.69, 9.17) is 4.74 Å². The van der Waals surface area contributed by atoms with Crippen LogP contribution in [0.2, 0.25) is 0 Å². The van der Waals surface area contributed by atoms with Crippen LogP contribution in [0, 0.1) is 12.7 Å². The number of carbonyl (C=O) groups excluding carboxylic acids is 1. The van der Waals surface area contributed by atoms with Crippen molar-refractivity contribution < 1.29 is 13.9 Å². The third-order valence-electron chi connectivity index (χ3n) is 4.87. The highest BCUT2D eigenvalue weighted by atomic mass is 19.1. The number of halogens is 1. The SMILES string of the molecule is Cc1ccc(C(=O)n2ccc([C@@H](C)Oc3ccc(-c4ccccc4)c(F)c3)n2)cc1. The summed E-state index contributed by atoms with van der Waals surface area (Å²) >= 11 is 0. The second-order valence-corrected chi connectivity index (χ2v) is 7.12. The van der Waals surface area contributed by atoms with Crippen LogP contribution in [0.15, 0.2) is 85.1 Å². The number of hydrogen-bond acceptors (Lipinski definition) is 3. The fraction of sp³-hybridized carbons (Fsp3) is 0.120. The van der Waals surface area contributed by atoms with Crippen LogP contribution < -0.4 is 4.74 Å². The van der Waals surface area contributed by atoms with Crippen molar-refractivity contribution >= 4 is 5.91 Å². The van der Waals surface area contributed by atoms with Crippen LogP contribution in [0.1, 0.15) is 34.6 Å². The molecule has 0 bridgehead atoms. The first kappa shape index (κ1) is 19.6. The Kier molecular flexibility index (Phi) is 5.44. The van der Waals surface area contributed by atoms with Crippen LogP contribution in [-0.2, 0) is 0 Å². The molecule has 4 aromatic rings. The number of carbonyl (C=O) groups is 1. The van der Waals surface area contributed by atoms with Crippen molar-refractivity contribution in [2.45, 2.75) is 20.0 Å². The number of benzene rings is 3. The molecule has 0 saturated carbocycles. The molecular weight excluding hydrogens is 379 g/mol. The van der Waals surface area contributed by atoms with Crippen LogP contribution in [0.5, 0.6) is 5.75 Å². The number of aromatic nitrogens is 2. The molecule has 0 aliphatic heterocycles. The van der Waals surface area contributed by atoms with E-state index in [-0.39, 0.29) is 11.7 Å². The quantitative estimate of drug-likeness (QED) is 0.424. The predicted octanol–water partition coefficient (Wildman–Crippen LogP) is 5.83. The first-order valence-electron chi connectivity index (χ1n) is 9.70. The molecule has 0 radical (unpaired) electrons. The topological polar surface area (TPSA) is 44.1 Å². The van der Waals surface area contributed by atoms with Crippen molar-refractivity contribution in [1.82, 2.24) is 9.78 Å². The van der Waals surface area contributed by atoms with Gasteiger partial charge in [-0.05, 0) is 49.7 Å². The molecule has 0 fully saturated rings. The highest BCUT2D eigenvalue weighted by molar-refractivity contribution is 5.95. The average molecular weight is 400 g/mol. The first-order valence-corrected chi connectivity index (χ1v) is 9.70. The minimum Gasteiger partial charge on any atom is -0.484 e. The van der Waals surface area contributed by atoms with E-state index in [1.54, 1.807) is 36.5 Å². The number of ether oxygens (including phenoxy) is 1. The van der Waals surface area contributed by atoms with Gasteiger partial charge in [0.15, 0.2) is 0 Å². The molecule has 1 heterocycles. The lowest BCUT2D eigenvalue weighted by atomic mass is 10.1. The fourth-order valence-corrected chi connectivity index (χ4v) is 3.18. The molecule has 0 aliphatic rings. The molecule has 0 unspecified atom stereocenters. The molecule has 150 valence electrons. The van der Waals surface area contributed by atoms with Crippen LogP contribution in [0.3, 0.4) is 0 Å². The van der Waals surface area contributed by atoms with Crippen LogP contribution in [-0.4, -0.2) is 15.7 Å². The number of rotatable bonds is 5. The summed E-state index contributed by atoms with van der Waals surface area (Å²) in [5, 5.41) is 4.34. The maximum atomic E-state index is 14.6. The van der Waals surface area contributed by atoms with Gasteiger partial charge in [0, 0.05) is 23.4 Å². The Bertz CT molecular complexity index is 1170. The van der Waals surface area contributed by atoms with Gasteiger partial charge >= 0.3 is 0 Å². The molecule has 1 aromatic heterocycles. The predicted molar refractivity (Wildman–Crippen MR) is 114 cm³/mol. The summed E-state index contributed by atoms with van der Waals surface area (Å²) < 4.78 is 21.7. The monoisotopic (exact) mass is 400 g/mol. The highest BCUT2D eigenvalue weighted by Gasteiger charge is 2.16. The zero-order valence-corrected chi connectivity index (χ0v) is 16.7. The molecule has 1 atom stereocenters. The molecule has 30 heavy (non-hydrogen) atoms. The van der Waals surface area contributed by atoms with E-state index in [1.165, 1.54) is 10.7 Å². The second-order valence-electron chi connectivity index (χ2n) is 7.12. The van der Waals surface area contributed by atoms with Gasteiger partial charge in [0.05, 0.1) is 0 Å². The van der Waals surface area contributed by atoms with Crippen LogP contribution >= 0.6 is 0 Å². The summed E-state index contributed by atoms with van der Waals surface area (Å²) in [6, 6.07) is 23.2.